The van der Waals surface area contributed by atoms with Gasteiger partial charge in [0.2, 0.25) is 5.95 Å². The molecule has 1 aliphatic rings. The van der Waals surface area contributed by atoms with Crippen LogP contribution >= 0.6 is 11.6 Å². The molecule has 2 heterocycles. The van der Waals surface area contributed by atoms with E-state index in [4.69, 9.17) is 16.7 Å². The molecule has 2 rings (SSSR count). The number of likely N-dealkylation sites (N-methyl/N-ethyl adjacent to an activating group) is 1. The second-order valence-electron chi connectivity index (χ2n) is 4.88. The fraction of sp³-hybridized carbons (Fsp3) is 0.583. The van der Waals surface area contributed by atoms with Gasteiger partial charge in [-0.15, -0.1) is 0 Å². The van der Waals surface area contributed by atoms with E-state index < -0.39 is 5.97 Å². The molecule has 1 saturated heterocycles. The van der Waals surface area contributed by atoms with Gasteiger partial charge in [0.25, 0.3) is 0 Å². The van der Waals surface area contributed by atoms with Gasteiger partial charge in [-0.3, -0.25) is 0 Å². The van der Waals surface area contributed by atoms with Crippen molar-refractivity contribution >= 4 is 23.5 Å². The van der Waals surface area contributed by atoms with E-state index >= 15 is 0 Å². The molecule has 1 aliphatic heterocycles. The fourth-order valence-corrected chi connectivity index (χ4v) is 2.39. The molecule has 104 valence electrons. The quantitative estimate of drug-likeness (QED) is 0.904. The summed E-state index contributed by atoms with van der Waals surface area (Å²) in [6, 6.07) is 0.432. The molecule has 0 bridgehead atoms. The zero-order valence-electron chi connectivity index (χ0n) is 11.0. The number of hydrogen-bond acceptors (Lipinski definition) is 5. The molecule has 0 aliphatic carbocycles. The van der Waals surface area contributed by atoms with Crippen LogP contribution in [-0.4, -0.2) is 59.2 Å². The first kappa shape index (κ1) is 14.0. The Morgan fingerprint density at radius 2 is 2.32 bits per heavy atom. The number of carboxylic acid groups (broad SMARTS) is 1. The topological polar surface area (TPSA) is 69.6 Å². The van der Waals surface area contributed by atoms with E-state index in [9.17, 15) is 4.79 Å². The smallest absolute Gasteiger partial charge is 0.356 e. The molecule has 0 radical (unpaired) electrons. The SMILES string of the molecule is CN(C)C1CCCN(c2ncc(Cl)c(C(=O)O)n2)C1. The van der Waals surface area contributed by atoms with Gasteiger partial charge in [0, 0.05) is 19.1 Å². The zero-order chi connectivity index (χ0) is 14.0. The molecule has 1 atom stereocenters. The van der Waals surface area contributed by atoms with Crippen LogP contribution in [0.1, 0.15) is 23.3 Å². The summed E-state index contributed by atoms with van der Waals surface area (Å²) in [5.41, 5.74) is -0.140. The standard InChI is InChI=1S/C12H17ClN4O2/c1-16(2)8-4-3-5-17(7-8)12-14-6-9(13)10(15-12)11(18)19/h6,8H,3-5,7H2,1-2H3,(H,18,19). The highest BCUT2D eigenvalue weighted by molar-refractivity contribution is 6.33. The third-order valence-electron chi connectivity index (χ3n) is 3.34. The van der Waals surface area contributed by atoms with Gasteiger partial charge in [0.1, 0.15) is 0 Å². The second-order valence-corrected chi connectivity index (χ2v) is 5.28. The number of rotatable bonds is 3. The van der Waals surface area contributed by atoms with Crippen LogP contribution < -0.4 is 4.90 Å². The highest BCUT2D eigenvalue weighted by Gasteiger charge is 2.24. The molecule has 1 aromatic rings. The van der Waals surface area contributed by atoms with Gasteiger partial charge in [0.05, 0.1) is 11.2 Å². The lowest BCUT2D eigenvalue weighted by atomic mass is 10.1. The summed E-state index contributed by atoms with van der Waals surface area (Å²) < 4.78 is 0. The van der Waals surface area contributed by atoms with Crippen molar-refractivity contribution in [3.05, 3.63) is 16.9 Å². The van der Waals surface area contributed by atoms with Crippen molar-refractivity contribution in [3.8, 4) is 0 Å². The van der Waals surface area contributed by atoms with Crippen molar-refractivity contribution in [2.75, 3.05) is 32.1 Å². The molecule has 1 N–H and O–H groups in total. The summed E-state index contributed by atoms with van der Waals surface area (Å²) in [5.74, 6) is -0.692. The Morgan fingerprint density at radius 1 is 1.58 bits per heavy atom. The first-order chi connectivity index (χ1) is 8.99. The lowest BCUT2D eigenvalue weighted by molar-refractivity contribution is 0.0690. The monoisotopic (exact) mass is 284 g/mol. The predicted molar refractivity (Wildman–Crippen MR) is 72.9 cm³/mol. The molecule has 1 fully saturated rings. The molecule has 0 spiro atoms. The minimum atomic E-state index is -1.13. The fourth-order valence-electron chi connectivity index (χ4n) is 2.22. The normalized spacial score (nSPS) is 19.8. The number of nitrogens with zero attached hydrogens (tertiary/aromatic N) is 4. The number of aromatic carboxylic acids is 1. The maximum Gasteiger partial charge on any atom is 0.356 e. The van der Waals surface area contributed by atoms with Crippen LogP contribution in [0.2, 0.25) is 5.02 Å². The highest BCUT2D eigenvalue weighted by atomic mass is 35.5. The van der Waals surface area contributed by atoms with Gasteiger partial charge in [-0.1, -0.05) is 11.6 Å². The van der Waals surface area contributed by atoms with E-state index in [0.717, 1.165) is 25.9 Å². The lowest BCUT2D eigenvalue weighted by Crippen LogP contribution is -2.45. The summed E-state index contributed by atoms with van der Waals surface area (Å²) in [6.45, 7) is 1.64. The molecule has 1 aromatic heterocycles. The Hall–Kier alpha value is -1.40. The Balaban J connectivity index is 2.22. The zero-order valence-corrected chi connectivity index (χ0v) is 11.8. The predicted octanol–water partition coefficient (Wildman–Crippen LogP) is 1.36. The van der Waals surface area contributed by atoms with E-state index in [1.807, 2.05) is 19.0 Å². The molecule has 0 amide bonds. The number of halogens is 1. The van der Waals surface area contributed by atoms with Crippen LogP contribution in [0.25, 0.3) is 0 Å². The summed E-state index contributed by atoms with van der Waals surface area (Å²) in [6.07, 6.45) is 3.52. The number of aromatic nitrogens is 2. The van der Waals surface area contributed by atoms with Crippen molar-refractivity contribution in [2.45, 2.75) is 18.9 Å². The van der Waals surface area contributed by atoms with Crippen LogP contribution in [0, 0.1) is 0 Å². The first-order valence-corrected chi connectivity index (χ1v) is 6.54. The average molecular weight is 285 g/mol. The van der Waals surface area contributed by atoms with Crippen LogP contribution in [0.3, 0.4) is 0 Å². The van der Waals surface area contributed by atoms with Crippen molar-refractivity contribution in [1.29, 1.82) is 0 Å². The van der Waals surface area contributed by atoms with E-state index in [0.29, 0.717) is 12.0 Å². The van der Waals surface area contributed by atoms with Crippen molar-refractivity contribution in [3.63, 3.8) is 0 Å². The van der Waals surface area contributed by atoms with Gasteiger partial charge in [-0.25, -0.2) is 14.8 Å². The lowest BCUT2D eigenvalue weighted by Gasteiger charge is -2.36. The summed E-state index contributed by atoms with van der Waals surface area (Å²) >= 11 is 5.78. The van der Waals surface area contributed by atoms with Gasteiger partial charge in [0.15, 0.2) is 5.69 Å². The van der Waals surface area contributed by atoms with Gasteiger partial charge < -0.3 is 14.9 Å². The van der Waals surface area contributed by atoms with Gasteiger partial charge >= 0.3 is 5.97 Å². The van der Waals surface area contributed by atoms with Crippen LogP contribution in [-0.2, 0) is 0 Å². The maximum atomic E-state index is 11.0. The first-order valence-electron chi connectivity index (χ1n) is 6.16. The Kier molecular flexibility index (Phi) is 4.21. The van der Waals surface area contributed by atoms with E-state index in [-0.39, 0.29) is 10.7 Å². The number of carbonyl (C=O) groups is 1. The number of carboxylic acids is 1. The Morgan fingerprint density at radius 3 is 2.95 bits per heavy atom. The highest BCUT2D eigenvalue weighted by Crippen LogP contribution is 2.21. The van der Waals surface area contributed by atoms with Crippen molar-refractivity contribution in [2.24, 2.45) is 0 Å². The second kappa shape index (κ2) is 5.71. The Bertz CT molecular complexity index is 481. The minimum Gasteiger partial charge on any atom is -0.476 e. The maximum absolute atomic E-state index is 11.0. The minimum absolute atomic E-state index is 0.0671. The molecular weight excluding hydrogens is 268 g/mol. The van der Waals surface area contributed by atoms with E-state index in [1.165, 1.54) is 6.20 Å². The van der Waals surface area contributed by atoms with Crippen LogP contribution in [0.5, 0.6) is 0 Å². The largest absolute Gasteiger partial charge is 0.476 e. The van der Waals surface area contributed by atoms with Crippen molar-refractivity contribution < 1.29 is 9.90 Å². The molecule has 19 heavy (non-hydrogen) atoms. The summed E-state index contributed by atoms with van der Waals surface area (Å²) in [7, 11) is 4.08. The van der Waals surface area contributed by atoms with E-state index in [2.05, 4.69) is 14.9 Å². The molecule has 0 saturated carbocycles. The third kappa shape index (κ3) is 3.13. The molecule has 6 nitrogen and oxygen atoms in total. The van der Waals surface area contributed by atoms with Gasteiger partial charge in [-0.2, -0.15) is 0 Å². The number of anilines is 1. The van der Waals surface area contributed by atoms with Gasteiger partial charge in [-0.05, 0) is 26.9 Å². The van der Waals surface area contributed by atoms with Crippen LogP contribution in [0.15, 0.2) is 6.20 Å². The average Bonchev–Trinajstić information content (AvgIpc) is 2.39. The molecule has 0 aromatic carbocycles. The molecular formula is C12H17ClN4O2. The molecule has 7 heteroatoms. The summed E-state index contributed by atoms with van der Waals surface area (Å²) in [4.78, 5) is 23.4. The summed E-state index contributed by atoms with van der Waals surface area (Å²) in [5, 5.41) is 9.09. The molecule has 1 unspecified atom stereocenters. The third-order valence-corrected chi connectivity index (χ3v) is 3.62. The Labute approximate surface area is 117 Å². The van der Waals surface area contributed by atoms with Crippen molar-refractivity contribution in [1.82, 2.24) is 14.9 Å². The van der Waals surface area contributed by atoms with E-state index in [1.54, 1.807) is 0 Å². The van der Waals surface area contributed by atoms with Crippen LogP contribution in [0.4, 0.5) is 5.95 Å². The number of piperidine rings is 1. The number of hydrogen-bond donors (Lipinski definition) is 1.